The third-order valence-corrected chi connectivity index (χ3v) is 5.36. The van der Waals surface area contributed by atoms with Gasteiger partial charge in [0.2, 0.25) is 0 Å². The highest BCUT2D eigenvalue weighted by Crippen LogP contribution is 2.34. The lowest BCUT2D eigenvalue weighted by molar-refractivity contribution is 0.128. The zero-order valence-corrected chi connectivity index (χ0v) is 15.3. The van der Waals surface area contributed by atoms with Gasteiger partial charge in [-0.3, -0.25) is 0 Å². The van der Waals surface area contributed by atoms with Crippen LogP contribution in [0, 0.1) is 0 Å². The molecule has 0 aliphatic carbocycles. The monoisotopic (exact) mass is 339 g/mol. The first-order chi connectivity index (χ1) is 12.1. The largest absolute Gasteiger partial charge is 0.490 e. The molecular weight excluding hydrogens is 310 g/mol. The molecule has 0 fully saturated rings. The molecule has 134 valence electrons. The van der Waals surface area contributed by atoms with Crippen LogP contribution in [-0.2, 0) is 13.0 Å². The fourth-order valence-corrected chi connectivity index (χ4v) is 3.37. The summed E-state index contributed by atoms with van der Waals surface area (Å²) >= 11 is 0. The molecule has 0 aromatic heterocycles. The van der Waals surface area contributed by atoms with Crippen molar-refractivity contribution in [3.63, 3.8) is 0 Å². The fourth-order valence-electron chi connectivity index (χ4n) is 3.37. The number of rotatable bonds is 7. The van der Waals surface area contributed by atoms with Crippen LogP contribution in [0.4, 0.5) is 0 Å². The van der Waals surface area contributed by atoms with Crippen molar-refractivity contribution in [1.29, 1.82) is 0 Å². The van der Waals surface area contributed by atoms with E-state index in [1.807, 2.05) is 30.3 Å². The summed E-state index contributed by atoms with van der Waals surface area (Å²) in [5, 5.41) is 0. The van der Waals surface area contributed by atoms with E-state index < -0.39 is 0 Å². The molecule has 1 unspecified atom stereocenters. The standard InChI is InChI=1S/C22H29NO2/c1-3-22(23,4-2)15-20-13-11-18-10-12-19(14-21(18)25-20)24-16-17-8-6-5-7-9-17/h5-10,12,14,20H,3-4,11,13,15-16,23H2,1-2H3. The van der Waals surface area contributed by atoms with Gasteiger partial charge in [0.05, 0.1) is 0 Å². The SMILES string of the molecule is CCC(N)(CC)CC1CCc2ccc(OCc3ccccc3)cc2O1. The molecular formula is C22H29NO2. The Morgan fingerprint density at radius 2 is 1.88 bits per heavy atom. The lowest BCUT2D eigenvalue weighted by Crippen LogP contribution is -2.43. The van der Waals surface area contributed by atoms with Gasteiger partial charge >= 0.3 is 0 Å². The Hall–Kier alpha value is -2.00. The Morgan fingerprint density at radius 3 is 2.60 bits per heavy atom. The third kappa shape index (κ3) is 4.55. The van der Waals surface area contributed by atoms with Gasteiger partial charge in [-0.2, -0.15) is 0 Å². The number of ether oxygens (including phenoxy) is 2. The minimum atomic E-state index is -0.121. The van der Waals surface area contributed by atoms with Gasteiger partial charge in [0.25, 0.3) is 0 Å². The molecule has 0 amide bonds. The first kappa shape index (κ1) is 17.8. The van der Waals surface area contributed by atoms with Crippen LogP contribution in [0.2, 0.25) is 0 Å². The van der Waals surface area contributed by atoms with Gasteiger partial charge in [-0.1, -0.05) is 50.2 Å². The smallest absolute Gasteiger partial charge is 0.126 e. The summed E-state index contributed by atoms with van der Waals surface area (Å²) < 4.78 is 12.2. The maximum atomic E-state index is 6.48. The van der Waals surface area contributed by atoms with Crippen LogP contribution in [0.15, 0.2) is 48.5 Å². The van der Waals surface area contributed by atoms with Crippen LogP contribution >= 0.6 is 0 Å². The second-order valence-corrected chi connectivity index (χ2v) is 7.10. The molecule has 1 heterocycles. The molecule has 3 rings (SSSR count). The zero-order valence-electron chi connectivity index (χ0n) is 15.3. The van der Waals surface area contributed by atoms with Crippen LogP contribution < -0.4 is 15.2 Å². The first-order valence-electron chi connectivity index (χ1n) is 9.37. The van der Waals surface area contributed by atoms with E-state index in [2.05, 4.69) is 32.0 Å². The molecule has 3 heteroatoms. The van der Waals surface area contributed by atoms with Crippen molar-refractivity contribution in [1.82, 2.24) is 0 Å². The lowest BCUT2D eigenvalue weighted by Gasteiger charge is -2.34. The molecule has 0 bridgehead atoms. The summed E-state index contributed by atoms with van der Waals surface area (Å²) in [5.41, 5.74) is 8.79. The molecule has 0 spiro atoms. The highest BCUT2D eigenvalue weighted by Gasteiger charge is 2.29. The number of fused-ring (bicyclic) bond motifs is 1. The van der Waals surface area contributed by atoms with Crippen LogP contribution in [0.3, 0.4) is 0 Å². The summed E-state index contributed by atoms with van der Waals surface area (Å²) in [6.07, 6.45) is 5.15. The molecule has 2 N–H and O–H groups in total. The van der Waals surface area contributed by atoms with Crippen molar-refractivity contribution in [3.8, 4) is 11.5 Å². The van der Waals surface area contributed by atoms with Gasteiger partial charge in [-0.05, 0) is 42.9 Å². The maximum absolute atomic E-state index is 6.48. The Labute approximate surface area is 151 Å². The molecule has 1 aliphatic heterocycles. The Morgan fingerprint density at radius 1 is 1.12 bits per heavy atom. The second-order valence-electron chi connectivity index (χ2n) is 7.10. The molecule has 2 aromatic rings. The lowest BCUT2D eigenvalue weighted by atomic mass is 9.85. The first-order valence-corrected chi connectivity index (χ1v) is 9.37. The molecule has 0 radical (unpaired) electrons. The van der Waals surface area contributed by atoms with E-state index >= 15 is 0 Å². The Balaban J connectivity index is 1.65. The molecule has 0 saturated heterocycles. The fraction of sp³-hybridized carbons (Fsp3) is 0.455. The van der Waals surface area contributed by atoms with Gasteiger partial charge in [0.1, 0.15) is 24.2 Å². The van der Waals surface area contributed by atoms with E-state index in [1.54, 1.807) is 0 Å². The van der Waals surface area contributed by atoms with Gasteiger partial charge in [0.15, 0.2) is 0 Å². The molecule has 1 aliphatic rings. The van der Waals surface area contributed by atoms with E-state index in [0.29, 0.717) is 6.61 Å². The van der Waals surface area contributed by atoms with Crippen molar-refractivity contribution >= 4 is 0 Å². The van der Waals surface area contributed by atoms with Gasteiger partial charge < -0.3 is 15.2 Å². The van der Waals surface area contributed by atoms with Crippen molar-refractivity contribution in [2.24, 2.45) is 5.73 Å². The Kier molecular flexibility index (Phi) is 5.64. The molecule has 0 saturated carbocycles. The summed E-state index contributed by atoms with van der Waals surface area (Å²) in [4.78, 5) is 0. The quantitative estimate of drug-likeness (QED) is 0.783. The topological polar surface area (TPSA) is 44.5 Å². The van der Waals surface area contributed by atoms with Crippen molar-refractivity contribution in [3.05, 3.63) is 59.7 Å². The molecule has 2 aromatic carbocycles. The van der Waals surface area contributed by atoms with E-state index in [0.717, 1.165) is 49.2 Å². The van der Waals surface area contributed by atoms with Crippen LogP contribution in [-0.4, -0.2) is 11.6 Å². The van der Waals surface area contributed by atoms with Gasteiger partial charge in [0, 0.05) is 18.0 Å². The summed E-state index contributed by atoms with van der Waals surface area (Å²) in [6, 6.07) is 16.4. The summed E-state index contributed by atoms with van der Waals surface area (Å²) in [5.74, 6) is 1.81. The third-order valence-electron chi connectivity index (χ3n) is 5.36. The minimum Gasteiger partial charge on any atom is -0.490 e. The molecule has 25 heavy (non-hydrogen) atoms. The van der Waals surface area contributed by atoms with Crippen molar-refractivity contribution < 1.29 is 9.47 Å². The predicted molar refractivity (Wildman–Crippen MR) is 102 cm³/mol. The zero-order chi connectivity index (χ0) is 17.7. The number of benzene rings is 2. The number of hydrogen-bond acceptors (Lipinski definition) is 3. The molecule has 3 nitrogen and oxygen atoms in total. The maximum Gasteiger partial charge on any atom is 0.126 e. The van der Waals surface area contributed by atoms with Crippen LogP contribution in [0.1, 0.15) is 50.7 Å². The van der Waals surface area contributed by atoms with Crippen LogP contribution in [0.5, 0.6) is 11.5 Å². The number of hydrogen-bond donors (Lipinski definition) is 1. The highest BCUT2D eigenvalue weighted by molar-refractivity contribution is 5.42. The summed E-state index contributed by atoms with van der Waals surface area (Å²) in [6.45, 7) is 4.90. The average Bonchev–Trinajstić information content (AvgIpc) is 2.66. The van der Waals surface area contributed by atoms with Crippen molar-refractivity contribution in [2.75, 3.05) is 0 Å². The van der Waals surface area contributed by atoms with E-state index in [1.165, 1.54) is 5.56 Å². The second kappa shape index (κ2) is 7.92. The van der Waals surface area contributed by atoms with E-state index in [4.69, 9.17) is 15.2 Å². The predicted octanol–water partition coefficient (Wildman–Crippen LogP) is 4.87. The molecule has 1 atom stereocenters. The average molecular weight is 339 g/mol. The van der Waals surface area contributed by atoms with Gasteiger partial charge in [-0.25, -0.2) is 0 Å². The van der Waals surface area contributed by atoms with Crippen LogP contribution in [0.25, 0.3) is 0 Å². The number of nitrogens with two attached hydrogens (primary N) is 1. The minimum absolute atomic E-state index is 0.121. The highest BCUT2D eigenvalue weighted by atomic mass is 16.5. The van der Waals surface area contributed by atoms with E-state index in [-0.39, 0.29) is 11.6 Å². The van der Waals surface area contributed by atoms with Crippen molar-refractivity contribution in [2.45, 2.75) is 64.2 Å². The van der Waals surface area contributed by atoms with E-state index in [9.17, 15) is 0 Å². The normalized spacial score (nSPS) is 16.8. The Bertz CT molecular complexity index is 680. The van der Waals surface area contributed by atoms with Gasteiger partial charge in [-0.15, -0.1) is 0 Å². The summed E-state index contributed by atoms with van der Waals surface area (Å²) in [7, 11) is 0. The number of aryl methyl sites for hydroxylation is 1.